The van der Waals surface area contributed by atoms with Crippen LogP contribution in [0.2, 0.25) is 0 Å². The number of fused-ring (bicyclic) bond motifs is 1. The van der Waals surface area contributed by atoms with Gasteiger partial charge in [0.05, 0.1) is 11.3 Å². The summed E-state index contributed by atoms with van der Waals surface area (Å²) in [4.78, 5) is 30.4. The monoisotopic (exact) mass is 345 g/mol. The number of thiophene rings is 1. The molecule has 1 fully saturated rings. The van der Waals surface area contributed by atoms with E-state index in [2.05, 4.69) is 15.6 Å². The van der Waals surface area contributed by atoms with Gasteiger partial charge < -0.3 is 15.1 Å². The van der Waals surface area contributed by atoms with Gasteiger partial charge in [0, 0.05) is 10.9 Å². The van der Waals surface area contributed by atoms with Crippen LogP contribution in [0.3, 0.4) is 0 Å². The molecule has 6 nitrogen and oxygen atoms in total. The molecule has 0 atom stereocenters. The zero-order valence-corrected chi connectivity index (χ0v) is 14.3. The predicted octanol–water partition coefficient (Wildman–Crippen LogP) is 2.93. The molecule has 0 aliphatic heterocycles. The van der Waals surface area contributed by atoms with Crippen LogP contribution in [0.1, 0.15) is 63.2 Å². The molecule has 0 saturated heterocycles. The Labute approximate surface area is 143 Å². The van der Waals surface area contributed by atoms with Gasteiger partial charge in [-0.25, -0.2) is 4.98 Å². The minimum atomic E-state index is -0.343. The Kier molecular flexibility index (Phi) is 3.88. The number of nitrogens with zero attached hydrogens (tertiary/aromatic N) is 1. The molecule has 0 unspecified atom stereocenters. The van der Waals surface area contributed by atoms with Gasteiger partial charge in [-0.3, -0.25) is 9.59 Å². The number of nitrogens with one attached hydrogen (secondary N) is 2. The highest BCUT2D eigenvalue weighted by Crippen LogP contribution is 2.39. The minimum Gasteiger partial charge on any atom is -0.438 e. The van der Waals surface area contributed by atoms with Crippen molar-refractivity contribution in [2.24, 2.45) is 0 Å². The van der Waals surface area contributed by atoms with E-state index in [1.807, 2.05) is 6.92 Å². The molecule has 0 spiro atoms. The summed E-state index contributed by atoms with van der Waals surface area (Å²) in [5.41, 5.74) is 2.37. The van der Waals surface area contributed by atoms with Gasteiger partial charge in [0.25, 0.3) is 11.8 Å². The van der Waals surface area contributed by atoms with E-state index >= 15 is 0 Å². The largest absolute Gasteiger partial charge is 0.438 e. The molecule has 1 saturated carbocycles. The van der Waals surface area contributed by atoms with Crippen molar-refractivity contribution < 1.29 is 14.0 Å². The molecule has 2 heterocycles. The fraction of sp³-hybridized carbons (Fsp3) is 0.471. The summed E-state index contributed by atoms with van der Waals surface area (Å²) in [7, 11) is 0. The van der Waals surface area contributed by atoms with E-state index in [9.17, 15) is 9.59 Å². The predicted molar refractivity (Wildman–Crippen MR) is 90.7 cm³/mol. The third-order valence-corrected chi connectivity index (χ3v) is 5.68. The molecule has 0 bridgehead atoms. The summed E-state index contributed by atoms with van der Waals surface area (Å²) in [6, 6.07) is 0.291. The normalized spacial score (nSPS) is 16.0. The molecule has 4 rings (SSSR count). The molecule has 2 aliphatic carbocycles. The van der Waals surface area contributed by atoms with Crippen molar-refractivity contribution in [3.05, 3.63) is 33.9 Å². The van der Waals surface area contributed by atoms with Crippen LogP contribution in [0, 0.1) is 0 Å². The van der Waals surface area contributed by atoms with E-state index < -0.39 is 0 Å². The van der Waals surface area contributed by atoms with Gasteiger partial charge in [-0.1, -0.05) is 6.92 Å². The van der Waals surface area contributed by atoms with E-state index in [-0.39, 0.29) is 17.6 Å². The number of rotatable bonds is 5. The molecule has 2 N–H and O–H groups in total. The Hall–Kier alpha value is -2.15. The lowest BCUT2D eigenvalue weighted by Gasteiger charge is -2.08. The first kappa shape index (κ1) is 15.4. The smallest absolute Gasteiger partial charge is 0.294 e. The number of carbonyl (C=O) groups excluding carboxylic acids is 2. The number of hydrogen-bond donors (Lipinski definition) is 2. The van der Waals surface area contributed by atoms with Crippen LogP contribution in [0.15, 0.2) is 10.8 Å². The van der Waals surface area contributed by atoms with Crippen molar-refractivity contribution in [3.8, 4) is 0 Å². The number of oxazole rings is 1. The number of amides is 2. The Morgan fingerprint density at radius 2 is 2.17 bits per heavy atom. The molecule has 0 radical (unpaired) electrons. The van der Waals surface area contributed by atoms with Crippen molar-refractivity contribution in [2.75, 3.05) is 5.32 Å². The fourth-order valence-corrected chi connectivity index (χ4v) is 4.37. The van der Waals surface area contributed by atoms with Crippen molar-refractivity contribution in [3.63, 3.8) is 0 Å². The summed E-state index contributed by atoms with van der Waals surface area (Å²) in [5, 5.41) is 6.54. The van der Waals surface area contributed by atoms with Gasteiger partial charge >= 0.3 is 0 Å². The third-order valence-electron chi connectivity index (χ3n) is 4.47. The molecular formula is C17H19N3O3S. The average Bonchev–Trinajstić information content (AvgIpc) is 2.99. The highest BCUT2D eigenvalue weighted by Gasteiger charge is 2.31. The first-order valence-electron chi connectivity index (χ1n) is 8.36. The van der Waals surface area contributed by atoms with Crippen molar-refractivity contribution in [1.82, 2.24) is 10.3 Å². The van der Waals surface area contributed by atoms with Gasteiger partial charge in [0.1, 0.15) is 5.00 Å². The molecule has 7 heteroatoms. The lowest BCUT2D eigenvalue weighted by Crippen LogP contribution is -2.27. The molecule has 2 aromatic rings. The van der Waals surface area contributed by atoms with Crippen LogP contribution in [-0.2, 0) is 19.3 Å². The maximum atomic E-state index is 12.6. The lowest BCUT2D eigenvalue weighted by molar-refractivity contribution is 0.0951. The van der Waals surface area contributed by atoms with Crippen molar-refractivity contribution in [1.29, 1.82) is 0 Å². The number of aryl methyl sites for hydroxylation is 2. The van der Waals surface area contributed by atoms with Crippen molar-refractivity contribution >= 4 is 28.2 Å². The quantitative estimate of drug-likeness (QED) is 0.872. The third kappa shape index (κ3) is 2.73. The van der Waals surface area contributed by atoms with Crippen LogP contribution < -0.4 is 10.6 Å². The first-order chi connectivity index (χ1) is 11.7. The zero-order chi connectivity index (χ0) is 16.7. The van der Waals surface area contributed by atoms with Crippen LogP contribution >= 0.6 is 11.3 Å². The van der Waals surface area contributed by atoms with Crippen LogP contribution in [0.25, 0.3) is 0 Å². The topological polar surface area (TPSA) is 84.2 Å². The van der Waals surface area contributed by atoms with Gasteiger partial charge in [-0.15, -0.1) is 11.3 Å². The average molecular weight is 345 g/mol. The molecule has 0 aromatic carbocycles. The number of hydrogen-bond acceptors (Lipinski definition) is 5. The van der Waals surface area contributed by atoms with Crippen LogP contribution in [0.5, 0.6) is 0 Å². The Bertz CT molecular complexity index is 804. The maximum Gasteiger partial charge on any atom is 0.294 e. The van der Waals surface area contributed by atoms with E-state index in [0.717, 1.165) is 37.7 Å². The zero-order valence-electron chi connectivity index (χ0n) is 13.5. The van der Waals surface area contributed by atoms with E-state index in [4.69, 9.17) is 4.42 Å². The highest BCUT2D eigenvalue weighted by molar-refractivity contribution is 7.17. The van der Waals surface area contributed by atoms with Crippen molar-refractivity contribution in [2.45, 2.75) is 51.5 Å². The molecular weight excluding hydrogens is 326 g/mol. The molecule has 2 aromatic heterocycles. The number of carbonyl (C=O) groups is 2. The SMILES string of the molecule is CCc1ncoc1C(=O)Nc1sc2c(c1C(=O)NC1CC1)CCC2. The van der Waals surface area contributed by atoms with Gasteiger partial charge in [-0.2, -0.15) is 0 Å². The molecule has 2 amide bonds. The second kappa shape index (κ2) is 6.05. The fourth-order valence-electron chi connectivity index (χ4n) is 3.08. The highest BCUT2D eigenvalue weighted by atomic mass is 32.1. The van der Waals surface area contributed by atoms with Gasteiger partial charge in [0.15, 0.2) is 6.39 Å². The molecule has 2 aliphatic rings. The summed E-state index contributed by atoms with van der Waals surface area (Å²) in [6.45, 7) is 1.92. The standard InChI is InChI=1S/C17H19N3O3S/c1-2-11-14(23-8-18-11)16(22)20-17-13(15(21)19-9-6-7-9)10-4-3-5-12(10)24-17/h8-9H,2-7H2,1H3,(H,19,21)(H,20,22). The summed E-state index contributed by atoms with van der Waals surface area (Å²) in [6.07, 6.45) is 6.92. The Morgan fingerprint density at radius 3 is 2.92 bits per heavy atom. The first-order valence-corrected chi connectivity index (χ1v) is 9.18. The second-order valence-corrected chi connectivity index (χ2v) is 7.35. The lowest BCUT2D eigenvalue weighted by atomic mass is 10.1. The van der Waals surface area contributed by atoms with Crippen LogP contribution in [0.4, 0.5) is 5.00 Å². The van der Waals surface area contributed by atoms with E-state index in [1.165, 1.54) is 22.6 Å². The Balaban J connectivity index is 1.62. The number of aromatic nitrogens is 1. The summed E-state index contributed by atoms with van der Waals surface area (Å²) >= 11 is 1.51. The van der Waals surface area contributed by atoms with E-state index in [1.54, 1.807) is 0 Å². The minimum absolute atomic E-state index is 0.0690. The Morgan fingerprint density at radius 1 is 1.33 bits per heavy atom. The second-order valence-electron chi connectivity index (χ2n) is 6.25. The van der Waals surface area contributed by atoms with Gasteiger partial charge in [0.2, 0.25) is 5.76 Å². The van der Waals surface area contributed by atoms with E-state index in [0.29, 0.717) is 28.7 Å². The number of anilines is 1. The molecule has 126 valence electrons. The summed E-state index contributed by atoms with van der Waals surface area (Å²) < 4.78 is 5.22. The molecule has 24 heavy (non-hydrogen) atoms. The summed E-state index contributed by atoms with van der Waals surface area (Å²) in [5.74, 6) is -0.190. The maximum absolute atomic E-state index is 12.6. The van der Waals surface area contributed by atoms with Crippen LogP contribution in [-0.4, -0.2) is 22.8 Å². The van der Waals surface area contributed by atoms with Gasteiger partial charge in [-0.05, 0) is 44.1 Å².